The molecule has 2 rings (SSSR count). The Hall–Kier alpha value is -1.46. The normalized spacial score (nSPS) is 15.7. The Balaban J connectivity index is 1.77. The first kappa shape index (κ1) is 14.9. The summed E-state index contributed by atoms with van der Waals surface area (Å²) in [6.07, 6.45) is 3.75. The summed E-state index contributed by atoms with van der Waals surface area (Å²) in [5.74, 6) is 0.625. The highest BCUT2D eigenvalue weighted by molar-refractivity contribution is 7.85. The maximum atomic E-state index is 12.1. The Morgan fingerprint density at radius 2 is 2.00 bits per heavy atom. The minimum atomic E-state index is -0.935. The molecule has 2 aromatic rings. The average Bonchev–Trinajstić information content (AvgIpc) is 3.01. The van der Waals surface area contributed by atoms with E-state index in [9.17, 15) is 4.21 Å². The number of benzene rings is 1. The summed E-state index contributed by atoms with van der Waals surface area (Å²) in [6.45, 7) is 4.98. The number of nitrogens with zero attached hydrogens (tertiary/aromatic N) is 2. The van der Waals surface area contributed by atoms with E-state index in [4.69, 9.17) is 0 Å². The van der Waals surface area contributed by atoms with E-state index in [1.54, 1.807) is 6.20 Å². The molecule has 4 nitrogen and oxygen atoms in total. The summed E-state index contributed by atoms with van der Waals surface area (Å²) in [7, 11) is -0.935. The molecule has 0 saturated heterocycles. The Kier molecular flexibility index (Phi) is 5.49. The monoisotopic (exact) mass is 291 g/mol. The summed E-state index contributed by atoms with van der Waals surface area (Å²) >= 11 is 0. The fraction of sp³-hybridized carbons (Fsp3) is 0.400. The third-order valence-corrected chi connectivity index (χ3v) is 4.80. The van der Waals surface area contributed by atoms with Crippen LogP contribution >= 0.6 is 0 Å². The Labute approximate surface area is 122 Å². The molecule has 0 aliphatic carbocycles. The van der Waals surface area contributed by atoms with Crippen molar-refractivity contribution < 1.29 is 4.21 Å². The van der Waals surface area contributed by atoms with Crippen LogP contribution in [-0.2, 0) is 10.8 Å². The first-order valence-electron chi connectivity index (χ1n) is 6.84. The molecule has 0 aliphatic rings. The van der Waals surface area contributed by atoms with Crippen LogP contribution in [0.3, 0.4) is 0 Å². The van der Waals surface area contributed by atoms with Crippen molar-refractivity contribution in [2.45, 2.75) is 30.8 Å². The van der Waals surface area contributed by atoms with Crippen LogP contribution in [0.1, 0.15) is 19.9 Å². The molecule has 0 fully saturated rings. The smallest absolute Gasteiger partial charge is 0.0641 e. The van der Waals surface area contributed by atoms with E-state index in [-0.39, 0.29) is 12.1 Å². The van der Waals surface area contributed by atoms with Gasteiger partial charge in [-0.1, -0.05) is 18.2 Å². The Morgan fingerprint density at radius 1 is 1.25 bits per heavy atom. The molecule has 0 aliphatic heterocycles. The highest BCUT2D eigenvalue weighted by Crippen LogP contribution is 2.09. The molecule has 0 amide bonds. The van der Waals surface area contributed by atoms with Crippen molar-refractivity contribution in [3.8, 4) is 0 Å². The second-order valence-electron chi connectivity index (χ2n) is 4.83. The minimum absolute atomic E-state index is 0.273. The van der Waals surface area contributed by atoms with Crippen LogP contribution in [0.4, 0.5) is 0 Å². The lowest BCUT2D eigenvalue weighted by Crippen LogP contribution is -2.36. The Bertz CT molecular complexity index is 527. The molecule has 1 aromatic carbocycles. The van der Waals surface area contributed by atoms with Crippen LogP contribution in [0.5, 0.6) is 0 Å². The van der Waals surface area contributed by atoms with Crippen LogP contribution in [0.25, 0.3) is 0 Å². The fourth-order valence-corrected chi connectivity index (χ4v) is 2.99. The number of aromatic nitrogens is 2. The van der Waals surface area contributed by atoms with Crippen LogP contribution < -0.4 is 5.32 Å². The maximum absolute atomic E-state index is 12.1. The molecule has 0 bridgehead atoms. The van der Waals surface area contributed by atoms with Crippen molar-refractivity contribution >= 4 is 10.8 Å². The quantitative estimate of drug-likeness (QED) is 0.851. The molecule has 5 heteroatoms. The lowest BCUT2D eigenvalue weighted by molar-refractivity contribution is 0.372. The number of hydrogen-bond acceptors (Lipinski definition) is 3. The fourth-order valence-electron chi connectivity index (χ4n) is 1.99. The third-order valence-electron chi connectivity index (χ3n) is 3.43. The molecular weight excluding hydrogens is 270 g/mol. The molecule has 1 heterocycles. The molecule has 3 atom stereocenters. The molecule has 1 N–H and O–H groups in total. The minimum Gasteiger partial charge on any atom is -0.311 e. The van der Waals surface area contributed by atoms with E-state index in [0.717, 1.165) is 11.4 Å². The van der Waals surface area contributed by atoms with Crippen LogP contribution in [-0.4, -0.2) is 32.3 Å². The summed E-state index contributed by atoms with van der Waals surface area (Å²) in [5, 5.41) is 7.66. The van der Waals surface area contributed by atoms with Crippen LogP contribution in [0.2, 0.25) is 0 Å². The molecule has 108 valence electrons. The summed E-state index contributed by atoms with van der Waals surface area (Å²) in [5.41, 5.74) is 0. The van der Waals surface area contributed by atoms with E-state index in [0.29, 0.717) is 5.75 Å². The predicted octanol–water partition coefficient (Wildman–Crippen LogP) is 2.23. The largest absolute Gasteiger partial charge is 0.311 e. The van der Waals surface area contributed by atoms with Crippen molar-refractivity contribution in [3.63, 3.8) is 0 Å². The van der Waals surface area contributed by atoms with E-state index < -0.39 is 10.8 Å². The average molecular weight is 291 g/mol. The molecule has 0 radical (unpaired) electrons. The van der Waals surface area contributed by atoms with Crippen molar-refractivity contribution in [2.24, 2.45) is 0 Å². The van der Waals surface area contributed by atoms with Gasteiger partial charge in [0.05, 0.1) is 16.8 Å². The van der Waals surface area contributed by atoms with Crippen LogP contribution in [0, 0.1) is 0 Å². The van der Waals surface area contributed by atoms with Gasteiger partial charge in [-0.3, -0.25) is 8.89 Å². The molecule has 1 aromatic heterocycles. The van der Waals surface area contributed by atoms with Crippen molar-refractivity contribution in [2.75, 3.05) is 12.3 Å². The number of rotatable bonds is 7. The van der Waals surface area contributed by atoms with Crippen molar-refractivity contribution in [1.82, 2.24) is 15.1 Å². The third kappa shape index (κ3) is 4.02. The van der Waals surface area contributed by atoms with Crippen molar-refractivity contribution in [3.05, 3.63) is 48.8 Å². The van der Waals surface area contributed by atoms with Gasteiger partial charge >= 0.3 is 0 Å². The zero-order chi connectivity index (χ0) is 14.4. The summed E-state index contributed by atoms with van der Waals surface area (Å²) in [4.78, 5) is 0.891. The van der Waals surface area contributed by atoms with Gasteiger partial charge in [0.25, 0.3) is 0 Å². The van der Waals surface area contributed by atoms with E-state index in [1.807, 2.05) is 47.3 Å². The van der Waals surface area contributed by atoms with Gasteiger partial charge in [-0.25, -0.2) is 0 Å². The predicted molar refractivity (Wildman–Crippen MR) is 82.1 cm³/mol. The van der Waals surface area contributed by atoms with Gasteiger partial charge in [0, 0.05) is 35.6 Å². The van der Waals surface area contributed by atoms with E-state index >= 15 is 0 Å². The molecular formula is C15H21N3OS. The second-order valence-corrected chi connectivity index (χ2v) is 6.40. The lowest BCUT2D eigenvalue weighted by atomic mass is 10.2. The SMILES string of the molecule is CC(NCCS(=O)c1ccccc1)C(C)n1cccn1. The Morgan fingerprint density at radius 3 is 2.65 bits per heavy atom. The molecule has 0 spiro atoms. The van der Waals surface area contributed by atoms with Crippen molar-refractivity contribution in [1.29, 1.82) is 0 Å². The summed E-state index contributed by atoms with van der Waals surface area (Å²) in [6, 6.07) is 12.1. The molecule has 0 saturated carbocycles. The van der Waals surface area contributed by atoms with Gasteiger partial charge in [-0.15, -0.1) is 0 Å². The van der Waals surface area contributed by atoms with E-state index in [1.165, 1.54) is 0 Å². The van der Waals surface area contributed by atoms with Gasteiger partial charge in [-0.2, -0.15) is 5.10 Å². The maximum Gasteiger partial charge on any atom is 0.0641 e. The van der Waals surface area contributed by atoms with Gasteiger partial charge in [0.1, 0.15) is 0 Å². The summed E-state index contributed by atoms with van der Waals surface area (Å²) < 4.78 is 14.0. The highest BCUT2D eigenvalue weighted by Gasteiger charge is 2.13. The number of hydrogen-bond donors (Lipinski definition) is 1. The van der Waals surface area contributed by atoms with Gasteiger partial charge < -0.3 is 5.32 Å². The first-order chi connectivity index (χ1) is 9.68. The standard InChI is InChI=1S/C15H21N3OS/c1-13(14(2)18-11-6-9-17-18)16-10-12-20(19)15-7-4-3-5-8-15/h3-9,11,13-14,16H,10,12H2,1-2H3. The van der Waals surface area contributed by atoms with Gasteiger partial charge in [0.15, 0.2) is 0 Å². The molecule has 3 unspecified atom stereocenters. The van der Waals surface area contributed by atoms with Crippen LogP contribution in [0.15, 0.2) is 53.7 Å². The number of nitrogens with one attached hydrogen (secondary N) is 1. The van der Waals surface area contributed by atoms with E-state index in [2.05, 4.69) is 24.3 Å². The molecule has 20 heavy (non-hydrogen) atoms. The zero-order valence-electron chi connectivity index (χ0n) is 11.9. The van der Waals surface area contributed by atoms with Gasteiger partial charge in [-0.05, 0) is 32.0 Å². The van der Waals surface area contributed by atoms with Gasteiger partial charge in [0.2, 0.25) is 0 Å². The first-order valence-corrected chi connectivity index (χ1v) is 8.16. The highest BCUT2D eigenvalue weighted by atomic mass is 32.2. The lowest BCUT2D eigenvalue weighted by Gasteiger charge is -2.21. The zero-order valence-corrected chi connectivity index (χ0v) is 12.7. The topological polar surface area (TPSA) is 46.9 Å². The second kappa shape index (κ2) is 7.36.